The molecule has 0 amide bonds. The van der Waals surface area contributed by atoms with Gasteiger partial charge in [-0.15, -0.1) is 11.3 Å². The highest BCUT2D eigenvalue weighted by Gasteiger charge is 2.21. The molecule has 0 unspecified atom stereocenters. The second kappa shape index (κ2) is 8.37. The van der Waals surface area contributed by atoms with Crippen LogP contribution in [-0.2, 0) is 0 Å². The van der Waals surface area contributed by atoms with Crippen molar-refractivity contribution in [2.24, 2.45) is 0 Å². The molecule has 0 radical (unpaired) electrons. The number of hydrogen-bond donors (Lipinski definition) is 0. The van der Waals surface area contributed by atoms with Crippen molar-refractivity contribution in [3.05, 3.63) is 127 Å². The molecule has 0 spiro atoms. The van der Waals surface area contributed by atoms with E-state index >= 15 is 0 Å². The normalized spacial score (nSPS) is 11.7. The SMILES string of the molecule is c1ccc(-c2cc(-n3c4ccccc4c4c5ccccc5c5sccc5c43)nc(-c3ccccc3)n2)cc1. The minimum atomic E-state index is 0.718. The van der Waals surface area contributed by atoms with Crippen molar-refractivity contribution in [2.45, 2.75) is 0 Å². The molecule has 0 atom stereocenters. The van der Waals surface area contributed by atoms with Crippen molar-refractivity contribution in [1.29, 1.82) is 0 Å². The molecular formula is C34H21N3S. The van der Waals surface area contributed by atoms with E-state index in [1.165, 1.54) is 37.1 Å². The van der Waals surface area contributed by atoms with Crippen LogP contribution in [0.4, 0.5) is 0 Å². The van der Waals surface area contributed by atoms with E-state index in [2.05, 4.69) is 107 Å². The van der Waals surface area contributed by atoms with Crippen LogP contribution in [0.25, 0.3) is 71.1 Å². The highest BCUT2D eigenvalue weighted by molar-refractivity contribution is 7.18. The van der Waals surface area contributed by atoms with Gasteiger partial charge in [0.1, 0.15) is 5.82 Å². The van der Waals surface area contributed by atoms with Gasteiger partial charge in [0.2, 0.25) is 0 Å². The lowest BCUT2D eigenvalue weighted by atomic mass is 10.0. The number of hydrogen-bond acceptors (Lipinski definition) is 3. The fourth-order valence-corrected chi connectivity index (χ4v) is 6.57. The van der Waals surface area contributed by atoms with E-state index in [1.54, 1.807) is 11.3 Å². The molecule has 0 saturated heterocycles. The summed E-state index contributed by atoms with van der Waals surface area (Å²) in [7, 11) is 0. The van der Waals surface area contributed by atoms with E-state index in [1.807, 2.05) is 24.3 Å². The van der Waals surface area contributed by atoms with Crippen LogP contribution < -0.4 is 0 Å². The molecule has 0 bridgehead atoms. The molecule has 0 aliphatic rings. The van der Waals surface area contributed by atoms with Crippen molar-refractivity contribution >= 4 is 54.0 Å². The van der Waals surface area contributed by atoms with Crippen LogP contribution in [0, 0.1) is 0 Å². The molecule has 0 N–H and O–H groups in total. The molecule has 3 heterocycles. The highest BCUT2D eigenvalue weighted by atomic mass is 32.1. The smallest absolute Gasteiger partial charge is 0.162 e. The standard InChI is InChI=1S/C34H21N3S/c1-3-11-22(12-4-1)28-21-30(36-34(35-28)23-13-5-2-6-14-23)37-29-18-10-9-17-26(29)31-24-15-7-8-16-25(24)33-27(32(31)37)19-20-38-33/h1-21H. The lowest BCUT2D eigenvalue weighted by molar-refractivity contribution is 1.05. The number of thiophene rings is 1. The van der Waals surface area contributed by atoms with Crippen LogP contribution in [0.1, 0.15) is 0 Å². The van der Waals surface area contributed by atoms with Gasteiger partial charge in [0.15, 0.2) is 5.82 Å². The van der Waals surface area contributed by atoms with Gasteiger partial charge in [-0.3, -0.25) is 4.57 Å². The van der Waals surface area contributed by atoms with Crippen molar-refractivity contribution in [1.82, 2.24) is 14.5 Å². The summed E-state index contributed by atoms with van der Waals surface area (Å²) in [5.41, 5.74) is 5.31. The molecule has 3 nitrogen and oxygen atoms in total. The molecule has 4 heteroatoms. The van der Waals surface area contributed by atoms with Gasteiger partial charge >= 0.3 is 0 Å². The summed E-state index contributed by atoms with van der Waals surface area (Å²) >= 11 is 1.80. The minimum Gasteiger partial charge on any atom is -0.293 e. The summed E-state index contributed by atoms with van der Waals surface area (Å²) in [5.74, 6) is 1.59. The number of benzene rings is 5. The first kappa shape index (κ1) is 21.3. The molecule has 8 aromatic rings. The van der Waals surface area contributed by atoms with Crippen LogP contribution in [0.15, 0.2) is 127 Å². The largest absolute Gasteiger partial charge is 0.293 e. The van der Waals surface area contributed by atoms with Crippen LogP contribution in [-0.4, -0.2) is 14.5 Å². The Morgan fingerprint density at radius 1 is 0.553 bits per heavy atom. The van der Waals surface area contributed by atoms with E-state index in [-0.39, 0.29) is 0 Å². The van der Waals surface area contributed by atoms with Gasteiger partial charge in [-0.1, -0.05) is 103 Å². The van der Waals surface area contributed by atoms with Crippen molar-refractivity contribution in [3.63, 3.8) is 0 Å². The zero-order valence-electron chi connectivity index (χ0n) is 20.4. The third-order valence-corrected chi connectivity index (χ3v) is 8.23. The number of para-hydroxylation sites is 1. The Labute approximate surface area is 223 Å². The number of fused-ring (bicyclic) bond motifs is 8. The summed E-state index contributed by atoms with van der Waals surface area (Å²) in [6.07, 6.45) is 0. The minimum absolute atomic E-state index is 0.718. The third-order valence-electron chi connectivity index (χ3n) is 7.28. The summed E-state index contributed by atoms with van der Waals surface area (Å²) in [6, 6.07) is 42.4. The van der Waals surface area contributed by atoms with Crippen molar-refractivity contribution in [3.8, 4) is 28.5 Å². The van der Waals surface area contributed by atoms with Crippen LogP contribution >= 0.6 is 11.3 Å². The summed E-state index contributed by atoms with van der Waals surface area (Å²) in [6.45, 7) is 0. The van der Waals surface area contributed by atoms with Crippen LogP contribution in [0.5, 0.6) is 0 Å². The summed E-state index contributed by atoms with van der Waals surface area (Å²) in [4.78, 5) is 10.2. The van der Waals surface area contributed by atoms with E-state index in [0.29, 0.717) is 0 Å². The van der Waals surface area contributed by atoms with Gasteiger partial charge < -0.3 is 0 Å². The van der Waals surface area contributed by atoms with E-state index in [9.17, 15) is 0 Å². The lowest BCUT2D eigenvalue weighted by Crippen LogP contribution is -2.02. The Balaban J connectivity index is 1.56. The predicted octanol–water partition coefficient (Wildman–Crippen LogP) is 9.28. The van der Waals surface area contributed by atoms with Gasteiger partial charge in [0, 0.05) is 43.4 Å². The second-order valence-corrected chi connectivity index (χ2v) is 10.4. The lowest BCUT2D eigenvalue weighted by Gasteiger charge is -2.13. The first-order chi connectivity index (χ1) is 18.9. The Hall–Kier alpha value is -4.80. The van der Waals surface area contributed by atoms with Gasteiger partial charge in [-0.2, -0.15) is 0 Å². The molecule has 8 rings (SSSR count). The van der Waals surface area contributed by atoms with E-state index < -0.39 is 0 Å². The maximum absolute atomic E-state index is 5.20. The molecule has 38 heavy (non-hydrogen) atoms. The first-order valence-corrected chi connectivity index (χ1v) is 13.6. The Bertz CT molecular complexity index is 2070. The maximum atomic E-state index is 5.20. The molecular weight excluding hydrogens is 482 g/mol. The topological polar surface area (TPSA) is 30.7 Å². The predicted molar refractivity (Wildman–Crippen MR) is 160 cm³/mol. The zero-order valence-corrected chi connectivity index (χ0v) is 21.2. The van der Waals surface area contributed by atoms with Crippen LogP contribution in [0.3, 0.4) is 0 Å². The number of aromatic nitrogens is 3. The van der Waals surface area contributed by atoms with Gasteiger partial charge in [0.05, 0.1) is 16.7 Å². The van der Waals surface area contributed by atoms with E-state index in [0.717, 1.165) is 34.0 Å². The monoisotopic (exact) mass is 503 g/mol. The van der Waals surface area contributed by atoms with Crippen LogP contribution in [0.2, 0.25) is 0 Å². The van der Waals surface area contributed by atoms with Gasteiger partial charge in [-0.25, -0.2) is 9.97 Å². The average Bonchev–Trinajstić information content (AvgIpc) is 3.62. The maximum Gasteiger partial charge on any atom is 0.162 e. The molecule has 0 aliphatic heterocycles. The molecule has 178 valence electrons. The zero-order chi connectivity index (χ0) is 25.1. The summed E-state index contributed by atoms with van der Waals surface area (Å²) < 4.78 is 3.64. The van der Waals surface area contributed by atoms with E-state index in [4.69, 9.17) is 9.97 Å². The Morgan fingerprint density at radius 3 is 2.00 bits per heavy atom. The second-order valence-electron chi connectivity index (χ2n) is 9.45. The average molecular weight is 504 g/mol. The fraction of sp³-hybridized carbons (Fsp3) is 0. The first-order valence-electron chi connectivity index (χ1n) is 12.7. The third kappa shape index (κ3) is 3.14. The van der Waals surface area contributed by atoms with Gasteiger partial charge in [0.25, 0.3) is 0 Å². The molecule has 5 aromatic carbocycles. The fourth-order valence-electron chi connectivity index (χ4n) is 5.63. The molecule has 3 aromatic heterocycles. The van der Waals surface area contributed by atoms with Crippen molar-refractivity contribution < 1.29 is 0 Å². The highest BCUT2D eigenvalue weighted by Crippen LogP contribution is 2.44. The quantitative estimate of drug-likeness (QED) is 0.240. The Kier molecular flexibility index (Phi) is 4.69. The molecule has 0 fully saturated rings. The van der Waals surface area contributed by atoms with Gasteiger partial charge in [-0.05, 0) is 22.9 Å². The summed E-state index contributed by atoms with van der Waals surface area (Å²) in [5, 5.41) is 8.51. The number of nitrogens with zero attached hydrogens (tertiary/aromatic N) is 3. The molecule has 0 saturated carbocycles. The molecule has 0 aliphatic carbocycles. The van der Waals surface area contributed by atoms with Crippen molar-refractivity contribution in [2.75, 3.05) is 0 Å². The Morgan fingerprint density at radius 2 is 1.21 bits per heavy atom. The number of rotatable bonds is 3.